The van der Waals surface area contributed by atoms with E-state index in [1.165, 1.54) is 0 Å². The lowest BCUT2D eigenvalue weighted by Crippen LogP contribution is -2.27. The third kappa shape index (κ3) is 6.80. The van der Waals surface area contributed by atoms with Gasteiger partial charge in [-0.1, -0.05) is 24.0 Å². The van der Waals surface area contributed by atoms with Crippen molar-refractivity contribution < 1.29 is 19.1 Å². The van der Waals surface area contributed by atoms with Gasteiger partial charge in [-0.3, -0.25) is 10.1 Å². The quantitative estimate of drug-likeness (QED) is 0.687. The monoisotopic (exact) mass is 303 g/mol. The summed E-state index contributed by atoms with van der Waals surface area (Å²) in [4.78, 5) is 23.0. The van der Waals surface area contributed by atoms with Crippen LogP contribution in [0.2, 0.25) is 0 Å². The van der Waals surface area contributed by atoms with Gasteiger partial charge in [-0.15, -0.1) is 0 Å². The number of amides is 1. The summed E-state index contributed by atoms with van der Waals surface area (Å²) in [5, 5.41) is 2.65. The number of carbonyl (C=O) groups excluding carboxylic acids is 2. The molecule has 5 heteroatoms. The number of ether oxygens (including phenoxy) is 2. The van der Waals surface area contributed by atoms with Crippen molar-refractivity contribution >= 4 is 17.7 Å². The first-order valence-electron chi connectivity index (χ1n) is 7.05. The Morgan fingerprint density at radius 1 is 1.23 bits per heavy atom. The van der Waals surface area contributed by atoms with E-state index < -0.39 is 11.7 Å². The first-order chi connectivity index (χ1) is 10.3. The van der Waals surface area contributed by atoms with E-state index >= 15 is 0 Å². The van der Waals surface area contributed by atoms with E-state index in [1.807, 2.05) is 0 Å². The molecule has 0 fully saturated rings. The Kier molecular flexibility index (Phi) is 6.46. The van der Waals surface area contributed by atoms with Gasteiger partial charge in [-0.05, 0) is 39.8 Å². The number of para-hydroxylation sites is 1. The van der Waals surface area contributed by atoms with Crippen molar-refractivity contribution in [3.63, 3.8) is 0 Å². The summed E-state index contributed by atoms with van der Waals surface area (Å²) in [5.41, 5.74) is 0.569. The zero-order valence-corrected chi connectivity index (χ0v) is 13.4. The molecule has 22 heavy (non-hydrogen) atoms. The van der Waals surface area contributed by atoms with Gasteiger partial charge < -0.3 is 9.47 Å². The van der Waals surface area contributed by atoms with E-state index in [1.54, 1.807) is 52.0 Å². The predicted octanol–water partition coefficient (Wildman–Crippen LogP) is 3.34. The van der Waals surface area contributed by atoms with E-state index in [9.17, 15) is 9.59 Å². The second-order valence-electron chi connectivity index (χ2n) is 5.46. The zero-order valence-electron chi connectivity index (χ0n) is 13.4. The van der Waals surface area contributed by atoms with E-state index in [4.69, 9.17) is 9.47 Å². The molecular weight excluding hydrogens is 282 g/mol. The second-order valence-corrected chi connectivity index (χ2v) is 5.46. The maximum Gasteiger partial charge on any atom is 0.412 e. The Balaban J connectivity index is 2.76. The van der Waals surface area contributed by atoms with Crippen LogP contribution in [0.1, 0.15) is 39.7 Å². The van der Waals surface area contributed by atoms with Crippen LogP contribution in [0.3, 0.4) is 0 Å². The summed E-state index contributed by atoms with van der Waals surface area (Å²) in [6.07, 6.45) is -0.540. The first-order valence-corrected chi connectivity index (χ1v) is 7.05. The lowest BCUT2D eigenvalue weighted by molar-refractivity contribution is -0.141. The highest BCUT2D eigenvalue weighted by atomic mass is 16.6. The molecule has 118 valence electrons. The molecule has 1 N–H and O–H groups in total. The summed E-state index contributed by atoms with van der Waals surface area (Å²) >= 11 is 0. The molecule has 0 unspecified atom stereocenters. The maximum atomic E-state index is 11.8. The molecular formula is C17H21NO4. The summed E-state index contributed by atoms with van der Waals surface area (Å²) in [6.45, 7) is 7.44. The van der Waals surface area contributed by atoms with Gasteiger partial charge in [0.2, 0.25) is 0 Å². The van der Waals surface area contributed by atoms with Crippen molar-refractivity contribution in [2.45, 2.75) is 39.7 Å². The molecule has 1 rings (SSSR count). The standard InChI is InChI=1S/C17H21NO4/c1-5-21-15(19)12-8-10-13-9-6-7-11-14(13)18-16(20)22-17(2,3)4/h6-7,9,11H,5,12H2,1-4H3,(H,18,20). The highest BCUT2D eigenvalue weighted by Gasteiger charge is 2.16. The molecule has 1 aromatic rings. The lowest BCUT2D eigenvalue weighted by atomic mass is 10.1. The molecule has 0 radical (unpaired) electrons. The molecule has 0 aliphatic carbocycles. The summed E-state index contributed by atoms with van der Waals surface area (Å²) < 4.78 is 10.00. The SMILES string of the molecule is CCOC(=O)CC#Cc1ccccc1NC(=O)OC(C)(C)C. The molecule has 0 heterocycles. The molecule has 1 amide bonds. The van der Waals surface area contributed by atoms with Crippen LogP contribution in [0.25, 0.3) is 0 Å². The number of anilines is 1. The van der Waals surface area contributed by atoms with Crippen LogP contribution in [-0.2, 0) is 14.3 Å². The Morgan fingerprint density at radius 2 is 1.91 bits per heavy atom. The van der Waals surface area contributed by atoms with E-state index in [2.05, 4.69) is 17.2 Å². The topological polar surface area (TPSA) is 64.6 Å². The van der Waals surface area contributed by atoms with Gasteiger partial charge in [0, 0.05) is 5.56 Å². The molecule has 0 spiro atoms. The summed E-state index contributed by atoms with van der Waals surface area (Å²) in [5.74, 6) is 5.21. The van der Waals surface area contributed by atoms with Gasteiger partial charge in [0.05, 0.1) is 12.3 Å². The number of hydrogen-bond acceptors (Lipinski definition) is 4. The highest BCUT2D eigenvalue weighted by Crippen LogP contribution is 2.16. The van der Waals surface area contributed by atoms with E-state index in [0.717, 1.165) is 0 Å². The van der Waals surface area contributed by atoms with Gasteiger partial charge in [0.25, 0.3) is 0 Å². The van der Waals surface area contributed by atoms with Gasteiger partial charge in [0.15, 0.2) is 0 Å². The van der Waals surface area contributed by atoms with Crippen molar-refractivity contribution in [1.29, 1.82) is 0 Å². The minimum atomic E-state index is -0.575. The normalized spacial score (nSPS) is 10.2. The number of esters is 1. The van der Waals surface area contributed by atoms with Crippen LogP contribution >= 0.6 is 0 Å². The van der Waals surface area contributed by atoms with E-state index in [0.29, 0.717) is 17.9 Å². The van der Waals surface area contributed by atoms with Gasteiger partial charge in [-0.2, -0.15) is 0 Å². The fraction of sp³-hybridized carbons (Fsp3) is 0.412. The molecule has 5 nitrogen and oxygen atoms in total. The smallest absolute Gasteiger partial charge is 0.412 e. The Labute approximate surface area is 131 Å². The number of hydrogen-bond donors (Lipinski definition) is 1. The van der Waals surface area contributed by atoms with Crippen LogP contribution in [0.15, 0.2) is 24.3 Å². The third-order valence-corrected chi connectivity index (χ3v) is 2.32. The minimum absolute atomic E-state index is 0.00854. The molecule has 0 saturated carbocycles. The van der Waals surface area contributed by atoms with Crippen molar-refractivity contribution in [2.75, 3.05) is 11.9 Å². The molecule has 0 aromatic heterocycles. The molecule has 0 saturated heterocycles. The maximum absolute atomic E-state index is 11.8. The van der Waals surface area contributed by atoms with Crippen molar-refractivity contribution in [3.05, 3.63) is 29.8 Å². The zero-order chi connectivity index (χ0) is 16.6. The third-order valence-electron chi connectivity index (χ3n) is 2.32. The van der Waals surface area contributed by atoms with Crippen molar-refractivity contribution in [1.82, 2.24) is 0 Å². The largest absolute Gasteiger partial charge is 0.465 e. The second kappa shape index (κ2) is 8.08. The van der Waals surface area contributed by atoms with Crippen molar-refractivity contribution in [2.24, 2.45) is 0 Å². The Hall–Kier alpha value is -2.48. The Bertz CT molecular complexity index is 591. The fourth-order valence-electron chi connectivity index (χ4n) is 1.54. The molecule has 0 aliphatic heterocycles. The van der Waals surface area contributed by atoms with Gasteiger partial charge in [-0.25, -0.2) is 4.79 Å². The summed E-state index contributed by atoms with van der Waals surface area (Å²) in [6, 6.07) is 7.06. The van der Waals surface area contributed by atoms with Crippen LogP contribution < -0.4 is 5.32 Å². The first kappa shape index (κ1) is 17.6. The average Bonchev–Trinajstić information content (AvgIpc) is 2.39. The number of benzene rings is 1. The Morgan fingerprint density at radius 3 is 2.55 bits per heavy atom. The molecule has 0 bridgehead atoms. The fourth-order valence-corrected chi connectivity index (χ4v) is 1.54. The van der Waals surface area contributed by atoms with Gasteiger partial charge in [0.1, 0.15) is 12.0 Å². The number of nitrogens with one attached hydrogen (secondary N) is 1. The molecule has 1 aromatic carbocycles. The van der Waals surface area contributed by atoms with Crippen molar-refractivity contribution in [3.8, 4) is 11.8 Å². The lowest BCUT2D eigenvalue weighted by Gasteiger charge is -2.20. The van der Waals surface area contributed by atoms with Crippen LogP contribution in [0, 0.1) is 11.8 Å². The van der Waals surface area contributed by atoms with E-state index in [-0.39, 0.29) is 12.4 Å². The number of rotatable bonds is 3. The highest BCUT2D eigenvalue weighted by molar-refractivity contribution is 5.87. The minimum Gasteiger partial charge on any atom is -0.465 e. The van der Waals surface area contributed by atoms with Crippen LogP contribution in [0.4, 0.5) is 10.5 Å². The number of carbonyl (C=O) groups is 2. The molecule has 0 atom stereocenters. The van der Waals surface area contributed by atoms with Crippen LogP contribution in [-0.4, -0.2) is 24.3 Å². The average molecular weight is 303 g/mol. The molecule has 0 aliphatic rings. The summed E-state index contributed by atoms with van der Waals surface area (Å²) in [7, 11) is 0. The van der Waals surface area contributed by atoms with Gasteiger partial charge >= 0.3 is 12.1 Å². The van der Waals surface area contributed by atoms with Crippen LogP contribution in [0.5, 0.6) is 0 Å². The predicted molar refractivity (Wildman–Crippen MR) is 84.4 cm³/mol.